The molecule has 0 N–H and O–H groups in total. The fourth-order valence-electron chi connectivity index (χ4n) is 3.17. The maximum absolute atomic E-state index is 12.8. The number of hydrogen-bond donors (Lipinski definition) is 0. The summed E-state index contributed by atoms with van der Waals surface area (Å²) in [7, 11) is 0. The van der Waals surface area contributed by atoms with Crippen LogP contribution in [0.2, 0.25) is 0 Å². The molecule has 1 aliphatic heterocycles. The van der Waals surface area contributed by atoms with Gasteiger partial charge in [-0.15, -0.1) is 11.3 Å². The number of piperidine rings is 1. The highest BCUT2D eigenvalue weighted by Crippen LogP contribution is 2.23. The van der Waals surface area contributed by atoms with Crippen molar-refractivity contribution >= 4 is 23.2 Å². The maximum atomic E-state index is 12.8. The molecule has 2 rings (SSSR count). The van der Waals surface area contributed by atoms with Crippen molar-refractivity contribution in [3.05, 3.63) is 22.4 Å². The lowest BCUT2D eigenvalue weighted by Gasteiger charge is -2.34. The Hall–Kier alpha value is -1.36. The molecule has 5 heteroatoms. The lowest BCUT2D eigenvalue weighted by molar-refractivity contribution is -0.137. The summed E-state index contributed by atoms with van der Waals surface area (Å²) in [6.07, 6.45) is 5.97. The Morgan fingerprint density at radius 3 is 2.29 bits per heavy atom. The van der Waals surface area contributed by atoms with Crippen molar-refractivity contribution in [1.82, 2.24) is 9.80 Å². The van der Waals surface area contributed by atoms with Crippen LogP contribution < -0.4 is 0 Å². The lowest BCUT2D eigenvalue weighted by atomic mass is 9.94. The molecule has 1 aliphatic rings. The highest BCUT2D eigenvalue weighted by atomic mass is 32.1. The molecule has 134 valence electrons. The summed E-state index contributed by atoms with van der Waals surface area (Å²) < 4.78 is 0. The van der Waals surface area contributed by atoms with Crippen LogP contribution in [-0.2, 0) is 4.79 Å². The van der Waals surface area contributed by atoms with Crippen LogP contribution in [-0.4, -0.2) is 47.8 Å². The Morgan fingerprint density at radius 2 is 1.79 bits per heavy atom. The standard InChI is InChI=1S/C19H30N2O2S/c1-3-5-11-20(12-6-4-2)18(22)16-9-13-21(14-10-16)19(23)17-8-7-15-24-17/h7-8,15-16H,3-6,9-14H2,1-2H3. The van der Waals surface area contributed by atoms with Gasteiger partial charge < -0.3 is 9.80 Å². The number of nitrogens with zero attached hydrogens (tertiary/aromatic N) is 2. The van der Waals surface area contributed by atoms with E-state index in [-0.39, 0.29) is 11.8 Å². The molecule has 0 radical (unpaired) electrons. The predicted octanol–water partition coefficient (Wildman–Crippen LogP) is 4.03. The first kappa shape index (κ1) is 19.0. The lowest BCUT2D eigenvalue weighted by Crippen LogP contribution is -2.44. The van der Waals surface area contributed by atoms with Gasteiger partial charge in [0.2, 0.25) is 5.91 Å². The molecule has 0 unspecified atom stereocenters. The molecule has 2 heterocycles. The molecular weight excluding hydrogens is 320 g/mol. The van der Waals surface area contributed by atoms with Gasteiger partial charge in [-0.3, -0.25) is 9.59 Å². The third kappa shape index (κ3) is 5.07. The first-order valence-corrected chi connectivity index (χ1v) is 10.2. The largest absolute Gasteiger partial charge is 0.342 e. The first-order valence-electron chi connectivity index (χ1n) is 9.28. The molecule has 1 aromatic rings. The Kier molecular flexibility index (Phi) is 7.76. The molecule has 1 fully saturated rings. The minimum Gasteiger partial charge on any atom is -0.342 e. The number of thiophene rings is 1. The molecular formula is C19H30N2O2S. The van der Waals surface area contributed by atoms with E-state index in [4.69, 9.17) is 0 Å². The normalized spacial score (nSPS) is 15.5. The third-order valence-electron chi connectivity index (χ3n) is 4.74. The van der Waals surface area contributed by atoms with E-state index in [1.54, 1.807) is 0 Å². The van der Waals surface area contributed by atoms with E-state index in [0.717, 1.165) is 56.5 Å². The van der Waals surface area contributed by atoms with Gasteiger partial charge in [0.25, 0.3) is 5.91 Å². The second-order valence-electron chi connectivity index (χ2n) is 6.58. The van der Waals surface area contributed by atoms with Gasteiger partial charge in [0.1, 0.15) is 0 Å². The van der Waals surface area contributed by atoms with Crippen molar-refractivity contribution < 1.29 is 9.59 Å². The number of carbonyl (C=O) groups is 2. The number of unbranched alkanes of at least 4 members (excludes halogenated alkanes) is 2. The van der Waals surface area contributed by atoms with Crippen LogP contribution in [0.3, 0.4) is 0 Å². The van der Waals surface area contributed by atoms with Gasteiger partial charge in [-0.25, -0.2) is 0 Å². The molecule has 4 nitrogen and oxygen atoms in total. The zero-order valence-electron chi connectivity index (χ0n) is 15.0. The summed E-state index contributed by atoms with van der Waals surface area (Å²) in [4.78, 5) is 30.0. The third-order valence-corrected chi connectivity index (χ3v) is 5.60. The van der Waals surface area contributed by atoms with Crippen LogP contribution in [0, 0.1) is 5.92 Å². The Labute approximate surface area is 149 Å². The fraction of sp³-hybridized carbons (Fsp3) is 0.684. The molecule has 2 amide bonds. The van der Waals surface area contributed by atoms with E-state index in [1.165, 1.54) is 11.3 Å². The number of likely N-dealkylation sites (tertiary alicyclic amines) is 1. The van der Waals surface area contributed by atoms with Crippen molar-refractivity contribution in [3.8, 4) is 0 Å². The van der Waals surface area contributed by atoms with Crippen LogP contribution in [0.1, 0.15) is 62.0 Å². The molecule has 0 atom stereocenters. The van der Waals surface area contributed by atoms with E-state index in [9.17, 15) is 9.59 Å². The van der Waals surface area contributed by atoms with Gasteiger partial charge >= 0.3 is 0 Å². The summed E-state index contributed by atoms with van der Waals surface area (Å²) >= 11 is 1.49. The van der Waals surface area contributed by atoms with Crippen molar-refractivity contribution in [2.24, 2.45) is 5.92 Å². The van der Waals surface area contributed by atoms with E-state index in [0.29, 0.717) is 19.0 Å². The van der Waals surface area contributed by atoms with Crippen LogP contribution in [0.4, 0.5) is 0 Å². The average Bonchev–Trinajstić information content (AvgIpc) is 3.15. The molecule has 0 spiro atoms. The van der Waals surface area contributed by atoms with Crippen molar-refractivity contribution in [1.29, 1.82) is 0 Å². The van der Waals surface area contributed by atoms with E-state index in [1.807, 2.05) is 22.4 Å². The van der Waals surface area contributed by atoms with E-state index >= 15 is 0 Å². The molecule has 0 aliphatic carbocycles. The molecule has 0 saturated carbocycles. The first-order chi connectivity index (χ1) is 11.7. The Morgan fingerprint density at radius 1 is 1.17 bits per heavy atom. The van der Waals surface area contributed by atoms with Gasteiger partial charge in [0, 0.05) is 32.1 Å². The van der Waals surface area contributed by atoms with E-state index in [2.05, 4.69) is 18.7 Å². The highest BCUT2D eigenvalue weighted by Gasteiger charge is 2.30. The topological polar surface area (TPSA) is 40.6 Å². The van der Waals surface area contributed by atoms with Crippen molar-refractivity contribution in [2.75, 3.05) is 26.2 Å². The van der Waals surface area contributed by atoms with Crippen molar-refractivity contribution in [3.63, 3.8) is 0 Å². The van der Waals surface area contributed by atoms with E-state index < -0.39 is 0 Å². The second-order valence-corrected chi connectivity index (χ2v) is 7.52. The Balaban J connectivity index is 1.87. The number of amides is 2. The molecule has 24 heavy (non-hydrogen) atoms. The van der Waals surface area contributed by atoms with Crippen LogP contribution in [0.15, 0.2) is 17.5 Å². The maximum Gasteiger partial charge on any atom is 0.263 e. The monoisotopic (exact) mass is 350 g/mol. The average molecular weight is 351 g/mol. The minimum atomic E-state index is 0.0890. The zero-order chi connectivity index (χ0) is 17.4. The summed E-state index contributed by atoms with van der Waals surface area (Å²) in [5.74, 6) is 0.510. The van der Waals surface area contributed by atoms with Crippen LogP contribution in [0.5, 0.6) is 0 Å². The zero-order valence-corrected chi connectivity index (χ0v) is 15.8. The SMILES string of the molecule is CCCCN(CCCC)C(=O)C1CCN(C(=O)c2cccs2)CC1. The van der Waals surface area contributed by atoms with Crippen molar-refractivity contribution in [2.45, 2.75) is 52.4 Å². The minimum absolute atomic E-state index is 0.0890. The van der Waals surface area contributed by atoms with Gasteiger partial charge in [-0.2, -0.15) is 0 Å². The van der Waals surface area contributed by atoms with Crippen LogP contribution >= 0.6 is 11.3 Å². The number of hydrogen-bond acceptors (Lipinski definition) is 3. The smallest absolute Gasteiger partial charge is 0.263 e. The molecule has 0 bridgehead atoms. The van der Waals surface area contributed by atoms with Gasteiger partial charge in [-0.1, -0.05) is 32.8 Å². The quantitative estimate of drug-likeness (QED) is 0.710. The summed E-state index contributed by atoms with van der Waals surface area (Å²) in [5.41, 5.74) is 0. The van der Waals surface area contributed by atoms with Gasteiger partial charge in [0.05, 0.1) is 4.88 Å². The summed E-state index contributed by atoms with van der Waals surface area (Å²) in [5, 5.41) is 1.93. The molecule has 1 aromatic heterocycles. The number of rotatable bonds is 8. The summed E-state index contributed by atoms with van der Waals surface area (Å²) in [6, 6.07) is 3.79. The van der Waals surface area contributed by atoms with Gasteiger partial charge in [0.15, 0.2) is 0 Å². The summed E-state index contributed by atoms with van der Waals surface area (Å²) in [6.45, 7) is 7.48. The predicted molar refractivity (Wildman–Crippen MR) is 99.3 cm³/mol. The second kappa shape index (κ2) is 9.82. The molecule has 1 saturated heterocycles. The Bertz CT molecular complexity index is 499. The molecule has 0 aromatic carbocycles. The highest BCUT2D eigenvalue weighted by molar-refractivity contribution is 7.12. The van der Waals surface area contributed by atoms with Crippen LogP contribution in [0.25, 0.3) is 0 Å². The van der Waals surface area contributed by atoms with Gasteiger partial charge in [-0.05, 0) is 37.1 Å². The fourth-order valence-corrected chi connectivity index (χ4v) is 3.86. The number of carbonyl (C=O) groups excluding carboxylic acids is 2.